The number of halogens is 4. The quantitative estimate of drug-likeness (QED) is 0.598. The molecule has 1 aliphatic rings. The molecule has 1 aromatic carbocycles. The van der Waals surface area contributed by atoms with Crippen molar-refractivity contribution in [2.75, 3.05) is 6.54 Å². The Morgan fingerprint density at radius 2 is 1.90 bits per heavy atom. The first-order valence-corrected chi connectivity index (χ1v) is 10.8. The standard InChI is InChI=1S/C15H13ClN2O2S2.C2HF3O2/c16-13-4-5-14(21-13)22(19,20)18-9-11-6-7-17-8-10-2-1-3-12(18)15(10)11;3-2(4,5)1(6)7/h1-5,9,17H,6-8H2;(H,6,7). The smallest absolute Gasteiger partial charge is 0.475 e. The Labute approximate surface area is 172 Å². The number of aromatic nitrogens is 1. The Morgan fingerprint density at radius 3 is 2.48 bits per heavy atom. The van der Waals surface area contributed by atoms with Crippen molar-refractivity contribution >= 4 is 49.8 Å². The van der Waals surface area contributed by atoms with Gasteiger partial charge in [0.15, 0.2) is 0 Å². The monoisotopic (exact) mass is 466 g/mol. The van der Waals surface area contributed by atoms with Crippen molar-refractivity contribution in [3.8, 4) is 0 Å². The first kappa shape index (κ1) is 21.6. The van der Waals surface area contributed by atoms with Crippen LogP contribution in [0.15, 0.2) is 40.7 Å². The second-order valence-corrected chi connectivity index (χ2v) is 9.81. The number of hydrogen-bond donors (Lipinski definition) is 2. The lowest BCUT2D eigenvalue weighted by Gasteiger charge is -2.07. The van der Waals surface area contributed by atoms with Crippen LogP contribution in [0.5, 0.6) is 0 Å². The molecule has 0 unspecified atom stereocenters. The molecular formula is C17H14ClF3N2O4S2. The van der Waals surface area contributed by atoms with E-state index in [1.54, 1.807) is 18.3 Å². The summed E-state index contributed by atoms with van der Waals surface area (Å²) in [7, 11) is -3.60. The van der Waals surface area contributed by atoms with Gasteiger partial charge in [0.05, 0.1) is 9.85 Å². The third kappa shape index (κ3) is 4.42. The SMILES string of the molecule is O=C(O)C(F)(F)F.O=S(=O)(c1ccc(Cl)s1)n1cc2c3c(cccc31)CNCC2. The van der Waals surface area contributed by atoms with Gasteiger partial charge in [-0.15, -0.1) is 11.3 Å². The van der Waals surface area contributed by atoms with Crippen molar-refractivity contribution < 1.29 is 31.5 Å². The second kappa shape index (κ2) is 7.98. The molecule has 3 aromatic rings. The number of rotatable bonds is 2. The molecule has 1 aliphatic heterocycles. The molecular weight excluding hydrogens is 453 g/mol. The van der Waals surface area contributed by atoms with Crippen LogP contribution < -0.4 is 5.32 Å². The number of aliphatic carboxylic acids is 1. The molecule has 0 radical (unpaired) electrons. The van der Waals surface area contributed by atoms with Gasteiger partial charge in [-0.2, -0.15) is 21.6 Å². The van der Waals surface area contributed by atoms with Gasteiger partial charge in [0, 0.05) is 18.1 Å². The Balaban J connectivity index is 0.000000298. The largest absolute Gasteiger partial charge is 0.490 e. The lowest BCUT2D eigenvalue weighted by atomic mass is 10.1. The highest BCUT2D eigenvalue weighted by Crippen LogP contribution is 2.33. The number of carbonyl (C=O) groups is 1. The van der Waals surface area contributed by atoms with Gasteiger partial charge in [-0.25, -0.2) is 8.77 Å². The normalized spacial score (nSPS) is 14.2. The number of thiophene rings is 1. The Hall–Kier alpha value is -2.08. The number of nitrogens with one attached hydrogen (secondary N) is 1. The minimum Gasteiger partial charge on any atom is -0.475 e. The first-order valence-electron chi connectivity index (χ1n) is 8.15. The van der Waals surface area contributed by atoms with Gasteiger partial charge in [-0.05, 0) is 42.3 Å². The van der Waals surface area contributed by atoms with Crippen molar-refractivity contribution in [1.29, 1.82) is 0 Å². The van der Waals surface area contributed by atoms with E-state index in [1.807, 2.05) is 18.2 Å². The van der Waals surface area contributed by atoms with Gasteiger partial charge in [-0.3, -0.25) is 0 Å². The molecule has 0 aliphatic carbocycles. The molecule has 2 aromatic heterocycles. The average Bonchev–Trinajstić information content (AvgIpc) is 3.17. The zero-order valence-electron chi connectivity index (χ0n) is 14.5. The van der Waals surface area contributed by atoms with Crippen LogP contribution in [0.3, 0.4) is 0 Å². The van der Waals surface area contributed by atoms with E-state index < -0.39 is 22.2 Å². The molecule has 29 heavy (non-hydrogen) atoms. The van der Waals surface area contributed by atoms with Crippen LogP contribution in [-0.2, 0) is 27.8 Å². The fourth-order valence-electron chi connectivity index (χ4n) is 2.93. The highest BCUT2D eigenvalue weighted by atomic mass is 35.5. The van der Waals surface area contributed by atoms with Gasteiger partial charge in [-0.1, -0.05) is 23.7 Å². The predicted molar refractivity (Wildman–Crippen MR) is 103 cm³/mol. The number of hydrogen-bond acceptors (Lipinski definition) is 5. The third-order valence-electron chi connectivity index (χ3n) is 4.15. The molecule has 0 atom stereocenters. The molecule has 4 rings (SSSR count). The summed E-state index contributed by atoms with van der Waals surface area (Å²) in [4.78, 5) is 8.90. The van der Waals surface area contributed by atoms with Crippen LogP contribution in [0.1, 0.15) is 11.1 Å². The van der Waals surface area contributed by atoms with Crippen molar-refractivity contribution in [3.05, 3.63) is 52.0 Å². The summed E-state index contributed by atoms with van der Waals surface area (Å²) in [5, 5.41) is 11.5. The molecule has 156 valence electrons. The van der Waals surface area contributed by atoms with E-state index in [0.717, 1.165) is 52.9 Å². The van der Waals surface area contributed by atoms with E-state index in [1.165, 1.54) is 3.97 Å². The molecule has 0 bridgehead atoms. The topological polar surface area (TPSA) is 88.4 Å². The summed E-state index contributed by atoms with van der Waals surface area (Å²) in [6, 6.07) is 8.99. The van der Waals surface area contributed by atoms with E-state index in [0.29, 0.717) is 4.34 Å². The minimum atomic E-state index is -5.08. The van der Waals surface area contributed by atoms with Gasteiger partial charge in [0.1, 0.15) is 4.21 Å². The van der Waals surface area contributed by atoms with E-state index in [9.17, 15) is 21.6 Å². The van der Waals surface area contributed by atoms with Gasteiger partial charge in [0.2, 0.25) is 0 Å². The van der Waals surface area contributed by atoms with Crippen molar-refractivity contribution in [2.45, 2.75) is 23.4 Å². The maximum atomic E-state index is 12.9. The highest BCUT2D eigenvalue weighted by Gasteiger charge is 2.38. The molecule has 0 spiro atoms. The van der Waals surface area contributed by atoms with Crippen LogP contribution >= 0.6 is 22.9 Å². The Bertz CT molecular complexity index is 1170. The van der Waals surface area contributed by atoms with E-state index in [-0.39, 0.29) is 4.21 Å². The first-order chi connectivity index (χ1) is 13.5. The van der Waals surface area contributed by atoms with Crippen LogP contribution in [0.25, 0.3) is 10.9 Å². The maximum absolute atomic E-state index is 12.9. The number of carboxylic acid groups (broad SMARTS) is 1. The molecule has 6 nitrogen and oxygen atoms in total. The maximum Gasteiger partial charge on any atom is 0.490 e. The summed E-state index contributed by atoms with van der Waals surface area (Å²) in [6.07, 6.45) is -2.51. The molecule has 3 heterocycles. The molecule has 2 N–H and O–H groups in total. The number of carboxylic acids is 1. The molecule has 12 heteroatoms. The lowest BCUT2D eigenvalue weighted by Crippen LogP contribution is -2.21. The zero-order chi connectivity index (χ0) is 21.4. The number of benzene rings is 1. The van der Waals surface area contributed by atoms with Gasteiger partial charge in [0.25, 0.3) is 10.0 Å². The summed E-state index contributed by atoms with van der Waals surface area (Å²) in [6.45, 7) is 1.61. The zero-order valence-corrected chi connectivity index (χ0v) is 16.9. The van der Waals surface area contributed by atoms with Crippen molar-refractivity contribution in [2.24, 2.45) is 0 Å². The summed E-state index contributed by atoms with van der Waals surface area (Å²) < 4.78 is 59.7. The Kier molecular flexibility index (Phi) is 5.95. The molecule has 0 saturated carbocycles. The molecule has 0 fully saturated rings. The van der Waals surface area contributed by atoms with E-state index in [4.69, 9.17) is 21.5 Å². The van der Waals surface area contributed by atoms with Crippen LogP contribution in [-0.4, -0.2) is 36.2 Å². The molecule has 0 saturated heterocycles. The third-order valence-corrected chi connectivity index (χ3v) is 7.52. The van der Waals surface area contributed by atoms with Crippen LogP contribution in [0.2, 0.25) is 4.34 Å². The van der Waals surface area contributed by atoms with Crippen LogP contribution in [0, 0.1) is 0 Å². The number of alkyl halides is 3. The minimum absolute atomic E-state index is 0.265. The predicted octanol–water partition coefficient (Wildman–Crippen LogP) is 3.87. The second-order valence-electron chi connectivity index (χ2n) is 6.05. The van der Waals surface area contributed by atoms with Gasteiger partial charge < -0.3 is 10.4 Å². The number of nitrogens with zero attached hydrogens (tertiary/aromatic N) is 1. The van der Waals surface area contributed by atoms with Crippen molar-refractivity contribution in [1.82, 2.24) is 9.29 Å². The Morgan fingerprint density at radius 1 is 1.21 bits per heavy atom. The van der Waals surface area contributed by atoms with Crippen molar-refractivity contribution in [3.63, 3.8) is 0 Å². The highest BCUT2D eigenvalue weighted by molar-refractivity contribution is 7.92. The van der Waals surface area contributed by atoms with Crippen LogP contribution in [0.4, 0.5) is 13.2 Å². The summed E-state index contributed by atoms with van der Waals surface area (Å²) in [5.74, 6) is -2.76. The summed E-state index contributed by atoms with van der Waals surface area (Å²) in [5.41, 5.74) is 2.95. The fourth-order valence-corrected chi connectivity index (χ4v) is 5.89. The average molecular weight is 467 g/mol. The van der Waals surface area contributed by atoms with E-state index >= 15 is 0 Å². The summed E-state index contributed by atoms with van der Waals surface area (Å²) >= 11 is 6.98. The fraction of sp³-hybridized carbons (Fsp3) is 0.235. The van der Waals surface area contributed by atoms with Gasteiger partial charge >= 0.3 is 12.1 Å². The molecule has 0 amide bonds. The van der Waals surface area contributed by atoms with E-state index in [2.05, 4.69) is 5.32 Å². The lowest BCUT2D eigenvalue weighted by molar-refractivity contribution is -0.192.